The third kappa shape index (κ3) is 2.70. The number of benzene rings is 2. The van der Waals surface area contributed by atoms with Gasteiger partial charge in [-0.2, -0.15) is 0 Å². The van der Waals surface area contributed by atoms with Gasteiger partial charge in [-0.1, -0.05) is 6.07 Å². The molecule has 4 rings (SSSR count). The van der Waals surface area contributed by atoms with Gasteiger partial charge in [0.05, 0.1) is 17.4 Å². The van der Waals surface area contributed by atoms with Crippen LogP contribution in [0, 0.1) is 0 Å². The van der Waals surface area contributed by atoms with Gasteiger partial charge in [0.2, 0.25) is 6.79 Å². The van der Waals surface area contributed by atoms with Crippen molar-refractivity contribution in [2.45, 2.75) is 6.42 Å². The monoisotopic (exact) mass is 309 g/mol. The number of ether oxygens (including phenoxy) is 2. The Hall–Kier alpha value is -3.02. The number of amides is 1. The molecule has 1 aliphatic heterocycles. The lowest BCUT2D eigenvalue weighted by atomic mass is 10.1. The first-order chi connectivity index (χ1) is 11.3. The Kier molecular flexibility index (Phi) is 3.34. The molecule has 0 spiro atoms. The molecule has 1 amide bonds. The van der Waals surface area contributed by atoms with E-state index in [2.05, 4.69) is 15.3 Å². The van der Waals surface area contributed by atoms with E-state index in [0.29, 0.717) is 12.1 Å². The summed E-state index contributed by atoms with van der Waals surface area (Å²) < 4.78 is 10.6. The van der Waals surface area contributed by atoms with Crippen LogP contribution in [-0.4, -0.2) is 29.2 Å². The summed E-state index contributed by atoms with van der Waals surface area (Å²) in [7, 11) is 0. The van der Waals surface area contributed by atoms with Gasteiger partial charge in [-0.3, -0.25) is 4.79 Å². The minimum atomic E-state index is -0.0951. The van der Waals surface area contributed by atoms with Crippen molar-refractivity contribution in [1.29, 1.82) is 0 Å². The van der Waals surface area contributed by atoms with Gasteiger partial charge in [-0.15, -0.1) is 0 Å². The molecular weight excluding hydrogens is 294 g/mol. The van der Waals surface area contributed by atoms with Crippen molar-refractivity contribution in [3.63, 3.8) is 0 Å². The van der Waals surface area contributed by atoms with Crippen molar-refractivity contribution >= 4 is 16.9 Å². The second kappa shape index (κ2) is 5.64. The number of hydrogen-bond donors (Lipinski definition) is 2. The zero-order valence-corrected chi connectivity index (χ0v) is 12.3. The van der Waals surface area contributed by atoms with Crippen LogP contribution in [0.1, 0.15) is 15.9 Å². The first-order valence-electron chi connectivity index (χ1n) is 7.39. The standard InChI is InChI=1S/C17H15N3O3/c21-17(12-2-3-13-14(8-12)20-9-19-13)18-6-5-11-1-4-15-16(7-11)23-10-22-15/h1-4,7-9H,5-6,10H2,(H,18,21)(H,19,20). The quantitative estimate of drug-likeness (QED) is 0.775. The Morgan fingerprint density at radius 2 is 2.09 bits per heavy atom. The molecule has 3 aromatic rings. The van der Waals surface area contributed by atoms with Crippen molar-refractivity contribution in [2.24, 2.45) is 0 Å². The van der Waals surface area contributed by atoms with Crippen LogP contribution in [0.25, 0.3) is 11.0 Å². The Balaban J connectivity index is 1.37. The van der Waals surface area contributed by atoms with Gasteiger partial charge in [0, 0.05) is 12.1 Å². The number of aromatic amines is 1. The van der Waals surface area contributed by atoms with Crippen LogP contribution in [0.4, 0.5) is 0 Å². The fraction of sp³-hybridized carbons (Fsp3) is 0.176. The van der Waals surface area contributed by atoms with Crippen LogP contribution in [0.15, 0.2) is 42.7 Å². The largest absolute Gasteiger partial charge is 0.454 e. The highest BCUT2D eigenvalue weighted by molar-refractivity contribution is 5.97. The average molecular weight is 309 g/mol. The predicted molar refractivity (Wildman–Crippen MR) is 84.7 cm³/mol. The van der Waals surface area contributed by atoms with Crippen molar-refractivity contribution in [3.05, 3.63) is 53.9 Å². The number of carbonyl (C=O) groups is 1. The molecule has 0 bridgehead atoms. The fourth-order valence-corrected chi connectivity index (χ4v) is 2.60. The fourth-order valence-electron chi connectivity index (χ4n) is 2.60. The highest BCUT2D eigenvalue weighted by Gasteiger charge is 2.13. The van der Waals surface area contributed by atoms with Crippen LogP contribution < -0.4 is 14.8 Å². The number of hydrogen-bond acceptors (Lipinski definition) is 4. The van der Waals surface area contributed by atoms with Gasteiger partial charge in [-0.05, 0) is 42.3 Å². The topological polar surface area (TPSA) is 76.2 Å². The van der Waals surface area contributed by atoms with E-state index in [9.17, 15) is 4.79 Å². The van der Waals surface area contributed by atoms with Crippen LogP contribution in [0.2, 0.25) is 0 Å². The lowest BCUT2D eigenvalue weighted by Crippen LogP contribution is -2.25. The zero-order chi connectivity index (χ0) is 15.6. The van der Waals surface area contributed by atoms with E-state index in [1.165, 1.54) is 0 Å². The average Bonchev–Trinajstić information content (AvgIpc) is 3.22. The van der Waals surface area contributed by atoms with Gasteiger partial charge in [0.25, 0.3) is 5.91 Å². The number of imidazole rings is 1. The van der Waals surface area contributed by atoms with Crippen LogP contribution in [-0.2, 0) is 6.42 Å². The van der Waals surface area contributed by atoms with Crippen LogP contribution in [0.3, 0.4) is 0 Å². The summed E-state index contributed by atoms with van der Waals surface area (Å²) in [4.78, 5) is 19.3. The highest BCUT2D eigenvalue weighted by Crippen LogP contribution is 2.32. The molecule has 0 saturated heterocycles. The lowest BCUT2D eigenvalue weighted by molar-refractivity contribution is 0.0954. The van der Waals surface area contributed by atoms with E-state index in [-0.39, 0.29) is 12.7 Å². The Bertz CT molecular complexity index is 872. The summed E-state index contributed by atoms with van der Waals surface area (Å²) in [6, 6.07) is 11.2. The number of nitrogens with zero attached hydrogens (tertiary/aromatic N) is 1. The van der Waals surface area contributed by atoms with Crippen molar-refractivity contribution in [1.82, 2.24) is 15.3 Å². The maximum Gasteiger partial charge on any atom is 0.251 e. The molecule has 0 fully saturated rings. The van der Waals surface area contributed by atoms with Gasteiger partial charge < -0.3 is 19.8 Å². The van der Waals surface area contributed by atoms with E-state index >= 15 is 0 Å². The number of carbonyl (C=O) groups excluding carboxylic acids is 1. The molecule has 0 aliphatic carbocycles. The highest BCUT2D eigenvalue weighted by atomic mass is 16.7. The Morgan fingerprint density at radius 1 is 1.17 bits per heavy atom. The van der Waals surface area contributed by atoms with Gasteiger partial charge in [-0.25, -0.2) is 4.98 Å². The van der Waals surface area contributed by atoms with Gasteiger partial charge in [0.1, 0.15) is 0 Å². The molecule has 0 saturated carbocycles. The van der Waals surface area contributed by atoms with Gasteiger partial charge >= 0.3 is 0 Å². The molecule has 0 radical (unpaired) electrons. The number of fused-ring (bicyclic) bond motifs is 2. The molecule has 0 atom stereocenters. The molecule has 116 valence electrons. The normalized spacial score (nSPS) is 12.5. The summed E-state index contributed by atoms with van der Waals surface area (Å²) in [5, 5.41) is 2.93. The predicted octanol–water partition coefficient (Wildman–Crippen LogP) is 2.26. The Labute approximate surface area is 132 Å². The van der Waals surface area contributed by atoms with E-state index in [4.69, 9.17) is 9.47 Å². The zero-order valence-electron chi connectivity index (χ0n) is 12.3. The van der Waals surface area contributed by atoms with E-state index in [0.717, 1.165) is 34.5 Å². The molecule has 1 aromatic heterocycles. The van der Waals surface area contributed by atoms with Crippen LogP contribution in [0.5, 0.6) is 11.5 Å². The summed E-state index contributed by atoms with van der Waals surface area (Å²) in [6.07, 6.45) is 2.35. The minimum absolute atomic E-state index is 0.0951. The van der Waals surface area contributed by atoms with Gasteiger partial charge in [0.15, 0.2) is 11.5 Å². The molecular formula is C17H15N3O3. The Morgan fingerprint density at radius 3 is 3.04 bits per heavy atom. The van der Waals surface area contributed by atoms with E-state index in [1.54, 1.807) is 18.5 Å². The summed E-state index contributed by atoms with van der Waals surface area (Å²) in [6.45, 7) is 0.824. The number of H-pyrrole nitrogens is 1. The summed E-state index contributed by atoms with van der Waals surface area (Å²) in [5.41, 5.74) is 3.42. The molecule has 1 aliphatic rings. The SMILES string of the molecule is O=C(NCCc1ccc2c(c1)OCO2)c1ccc2nc[nH]c2c1. The third-order valence-corrected chi connectivity index (χ3v) is 3.82. The van der Waals surface area contributed by atoms with E-state index < -0.39 is 0 Å². The maximum absolute atomic E-state index is 12.2. The van der Waals surface area contributed by atoms with Crippen LogP contribution >= 0.6 is 0 Å². The first kappa shape index (κ1) is 13.6. The molecule has 0 unspecified atom stereocenters. The number of nitrogens with one attached hydrogen (secondary N) is 2. The second-order valence-corrected chi connectivity index (χ2v) is 5.33. The summed E-state index contributed by atoms with van der Waals surface area (Å²) >= 11 is 0. The number of aromatic nitrogens is 2. The molecule has 2 heterocycles. The van der Waals surface area contributed by atoms with Crippen molar-refractivity contribution in [3.8, 4) is 11.5 Å². The third-order valence-electron chi connectivity index (χ3n) is 3.82. The smallest absolute Gasteiger partial charge is 0.251 e. The molecule has 2 N–H and O–H groups in total. The second-order valence-electron chi connectivity index (χ2n) is 5.33. The molecule has 2 aromatic carbocycles. The summed E-state index contributed by atoms with van der Waals surface area (Å²) in [5.74, 6) is 1.44. The van der Waals surface area contributed by atoms with Crippen molar-refractivity contribution < 1.29 is 14.3 Å². The van der Waals surface area contributed by atoms with E-state index in [1.807, 2.05) is 24.3 Å². The molecule has 23 heavy (non-hydrogen) atoms. The minimum Gasteiger partial charge on any atom is -0.454 e. The molecule has 6 heteroatoms. The lowest BCUT2D eigenvalue weighted by Gasteiger charge is -2.06. The first-order valence-corrected chi connectivity index (χ1v) is 7.39. The number of rotatable bonds is 4. The maximum atomic E-state index is 12.2. The van der Waals surface area contributed by atoms with Crippen molar-refractivity contribution in [2.75, 3.05) is 13.3 Å². The molecule has 6 nitrogen and oxygen atoms in total.